The molecule has 0 spiro atoms. The normalized spacial score (nSPS) is 11.3. The van der Waals surface area contributed by atoms with E-state index in [0.29, 0.717) is 30.9 Å². The first-order valence-electron chi connectivity index (χ1n) is 7.90. The van der Waals surface area contributed by atoms with E-state index >= 15 is 0 Å². The van der Waals surface area contributed by atoms with Crippen molar-refractivity contribution in [1.29, 1.82) is 0 Å². The number of phenols is 1. The molecule has 0 radical (unpaired) electrons. The minimum atomic E-state index is -0.437. The highest BCUT2D eigenvalue weighted by atomic mass is 32.2. The second kappa shape index (κ2) is 7.71. The summed E-state index contributed by atoms with van der Waals surface area (Å²) in [6, 6.07) is 4.87. The Morgan fingerprint density at radius 1 is 1.32 bits per heavy atom. The quantitative estimate of drug-likeness (QED) is 0.511. The highest BCUT2D eigenvalue weighted by Crippen LogP contribution is 2.30. The van der Waals surface area contributed by atoms with Gasteiger partial charge in [-0.15, -0.1) is 10.2 Å². The predicted octanol–water partition coefficient (Wildman–Crippen LogP) is 2.59. The number of benzene rings is 1. The number of methoxy groups -OCH3 is 1. The second-order valence-electron chi connectivity index (χ2n) is 5.51. The average molecular weight is 361 g/mol. The van der Waals surface area contributed by atoms with Gasteiger partial charge < -0.3 is 18.8 Å². The molecule has 3 rings (SSSR count). The maximum absolute atomic E-state index is 11.8. The fourth-order valence-corrected chi connectivity index (χ4v) is 3.48. The van der Waals surface area contributed by atoms with Crippen LogP contribution in [0.5, 0.6) is 5.75 Å². The van der Waals surface area contributed by atoms with Gasteiger partial charge in [-0.25, -0.2) is 4.79 Å². The zero-order valence-electron chi connectivity index (χ0n) is 14.1. The topological polar surface area (TPSA) is 90.4 Å². The Morgan fingerprint density at radius 3 is 2.92 bits per heavy atom. The number of hydrogen-bond donors (Lipinski definition) is 1. The summed E-state index contributed by atoms with van der Waals surface area (Å²) >= 11 is 1.49. The van der Waals surface area contributed by atoms with Gasteiger partial charge >= 0.3 is 5.63 Å². The number of aromatic hydroxyl groups is 1. The van der Waals surface area contributed by atoms with Gasteiger partial charge in [-0.1, -0.05) is 18.7 Å². The van der Waals surface area contributed by atoms with Gasteiger partial charge in [0.1, 0.15) is 17.7 Å². The molecule has 8 heteroatoms. The zero-order chi connectivity index (χ0) is 17.8. The molecule has 0 aliphatic heterocycles. The lowest BCUT2D eigenvalue weighted by atomic mass is 10.1. The van der Waals surface area contributed by atoms with Gasteiger partial charge in [0, 0.05) is 36.9 Å². The van der Waals surface area contributed by atoms with Crippen LogP contribution in [0.4, 0.5) is 0 Å². The molecule has 1 N–H and O–H groups in total. The molecule has 0 saturated carbocycles. The van der Waals surface area contributed by atoms with Crippen LogP contribution in [0.3, 0.4) is 0 Å². The van der Waals surface area contributed by atoms with Crippen molar-refractivity contribution in [3.63, 3.8) is 0 Å². The second-order valence-corrected chi connectivity index (χ2v) is 6.45. The summed E-state index contributed by atoms with van der Waals surface area (Å²) in [5.41, 5.74) is 1.61. The third kappa shape index (κ3) is 3.85. The molecule has 0 amide bonds. The van der Waals surface area contributed by atoms with Crippen LogP contribution in [0.1, 0.15) is 18.1 Å². The van der Waals surface area contributed by atoms with Crippen LogP contribution in [0.25, 0.3) is 11.0 Å². The van der Waals surface area contributed by atoms with Crippen LogP contribution in [-0.2, 0) is 23.5 Å². The van der Waals surface area contributed by atoms with E-state index < -0.39 is 5.63 Å². The number of ether oxygens (including phenoxy) is 1. The predicted molar refractivity (Wildman–Crippen MR) is 95.0 cm³/mol. The first kappa shape index (κ1) is 17.5. The minimum Gasteiger partial charge on any atom is -0.508 e. The Balaban J connectivity index is 1.91. The first-order valence-corrected chi connectivity index (χ1v) is 8.89. The Labute approximate surface area is 148 Å². The van der Waals surface area contributed by atoms with Crippen molar-refractivity contribution in [2.75, 3.05) is 13.7 Å². The molecule has 0 bridgehead atoms. The fourth-order valence-electron chi connectivity index (χ4n) is 2.55. The van der Waals surface area contributed by atoms with Crippen LogP contribution in [0.2, 0.25) is 0 Å². The van der Waals surface area contributed by atoms with E-state index in [-0.39, 0.29) is 5.75 Å². The smallest absolute Gasteiger partial charge is 0.336 e. The number of nitrogens with zero attached hydrogens (tertiary/aromatic N) is 3. The summed E-state index contributed by atoms with van der Waals surface area (Å²) < 4.78 is 12.2. The van der Waals surface area contributed by atoms with E-state index in [0.717, 1.165) is 21.7 Å². The molecule has 0 saturated heterocycles. The van der Waals surface area contributed by atoms with E-state index in [2.05, 4.69) is 10.2 Å². The Kier molecular flexibility index (Phi) is 5.40. The maximum Gasteiger partial charge on any atom is 0.336 e. The van der Waals surface area contributed by atoms with Crippen LogP contribution < -0.4 is 5.63 Å². The molecule has 2 heterocycles. The van der Waals surface area contributed by atoms with Gasteiger partial charge in [0.15, 0.2) is 5.16 Å². The van der Waals surface area contributed by atoms with Gasteiger partial charge in [-0.2, -0.15) is 0 Å². The van der Waals surface area contributed by atoms with Crippen molar-refractivity contribution in [2.24, 2.45) is 0 Å². The SMILES string of the molecule is CCc1cc2c(CSc3nncn3CCOC)cc(=O)oc2cc1O. The molecule has 0 aliphatic rings. The molecule has 3 aromatic rings. The number of thioether (sulfide) groups is 1. The third-order valence-corrected chi connectivity index (χ3v) is 4.91. The van der Waals surface area contributed by atoms with Gasteiger partial charge in [0.05, 0.1) is 6.61 Å². The summed E-state index contributed by atoms with van der Waals surface area (Å²) in [6.45, 7) is 3.20. The summed E-state index contributed by atoms with van der Waals surface area (Å²) in [5, 5.41) is 19.6. The van der Waals surface area contributed by atoms with Crippen LogP contribution in [0.15, 0.2) is 38.9 Å². The highest BCUT2D eigenvalue weighted by Gasteiger charge is 2.12. The number of fused-ring (bicyclic) bond motifs is 1. The average Bonchev–Trinajstić information content (AvgIpc) is 3.04. The Morgan fingerprint density at radius 2 is 2.16 bits per heavy atom. The Hall–Kier alpha value is -2.32. The molecular weight excluding hydrogens is 342 g/mol. The number of aryl methyl sites for hydroxylation is 1. The fraction of sp³-hybridized carbons (Fsp3) is 0.353. The lowest BCUT2D eigenvalue weighted by Crippen LogP contribution is -2.05. The summed E-state index contributed by atoms with van der Waals surface area (Å²) in [6.07, 6.45) is 2.35. The van der Waals surface area contributed by atoms with Gasteiger partial charge in [-0.3, -0.25) is 0 Å². The third-order valence-electron chi connectivity index (χ3n) is 3.88. The molecule has 0 aliphatic carbocycles. The van der Waals surface area contributed by atoms with Crippen LogP contribution >= 0.6 is 11.8 Å². The van der Waals surface area contributed by atoms with Crippen molar-refractivity contribution in [2.45, 2.75) is 30.8 Å². The largest absolute Gasteiger partial charge is 0.508 e. The summed E-state index contributed by atoms with van der Waals surface area (Å²) in [4.78, 5) is 11.8. The summed E-state index contributed by atoms with van der Waals surface area (Å²) in [7, 11) is 1.65. The molecule has 132 valence electrons. The monoisotopic (exact) mass is 361 g/mol. The molecule has 0 atom stereocenters. The number of rotatable bonds is 7. The molecule has 1 aromatic carbocycles. The van der Waals surface area contributed by atoms with Gasteiger partial charge in [0.25, 0.3) is 0 Å². The standard InChI is InChI=1S/C17H19N3O4S/c1-3-11-6-13-12(7-16(22)24-15(13)8-14(11)21)9-25-17-19-18-10-20(17)4-5-23-2/h6-8,10,21H,3-5,9H2,1-2H3. The molecule has 7 nitrogen and oxygen atoms in total. The lowest BCUT2D eigenvalue weighted by Gasteiger charge is -2.09. The minimum absolute atomic E-state index is 0.141. The summed E-state index contributed by atoms with van der Waals surface area (Å²) in [5.74, 6) is 0.684. The van der Waals surface area contributed by atoms with E-state index in [9.17, 15) is 9.90 Å². The van der Waals surface area contributed by atoms with Crippen LogP contribution in [-0.4, -0.2) is 33.6 Å². The maximum atomic E-state index is 11.8. The van der Waals surface area contributed by atoms with Crippen molar-refractivity contribution >= 4 is 22.7 Å². The van der Waals surface area contributed by atoms with E-state index in [4.69, 9.17) is 9.15 Å². The molecule has 0 fully saturated rings. The molecular formula is C17H19N3O4S. The number of phenolic OH excluding ortho intramolecular Hbond substituents is 1. The van der Waals surface area contributed by atoms with Crippen molar-refractivity contribution in [3.05, 3.63) is 46.1 Å². The van der Waals surface area contributed by atoms with Gasteiger partial charge in [0.2, 0.25) is 0 Å². The molecule has 0 unspecified atom stereocenters. The lowest BCUT2D eigenvalue weighted by molar-refractivity contribution is 0.184. The van der Waals surface area contributed by atoms with Crippen molar-refractivity contribution in [1.82, 2.24) is 14.8 Å². The van der Waals surface area contributed by atoms with Crippen molar-refractivity contribution < 1.29 is 14.3 Å². The highest BCUT2D eigenvalue weighted by molar-refractivity contribution is 7.98. The molecule has 25 heavy (non-hydrogen) atoms. The first-order chi connectivity index (χ1) is 12.1. The van der Waals surface area contributed by atoms with Crippen LogP contribution in [0, 0.1) is 0 Å². The molecule has 2 aromatic heterocycles. The number of hydrogen-bond acceptors (Lipinski definition) is 7. The van der Waals surface area contributed by atoms with E-state index in [1.54, 1.807) is 13.4 Å². The van der Waals surface area contributed by atoms with E-state index in [1.807, 2.05) is 17.6 Å². The van der Waals surface area contributed by atoms with Gasteiger partial charge in [-0.05, 0) is 23.6 Å². The van der Waals surface area contributed by atoms with E-state index in [1.165, 1.54) is 23.9 Å². The Bertz CT molecular complexity index is 935. The van der Waals surface area contributed by atoms with Crippen molar-refractivity contribution in [3.8, 4) is 5.75 Å². The number of aromatic nitrogens is 3. The zero-order valence-corrected chi connectivity index (χ0v) is 14.9.